The molecule has 1 aromatic heterocycles. The Morgan fingerprint density at radius 2 is 1.63 bits per heavy atom. The minimum atomic E-state index is -0.891. The number of benzene rings is 2. The molecule has 0 aliphatic carbocycles. The van der Waals surface area contributed by atoms with E-state index in [4.69, 9.17) is 16.3 Å². The number of hydrogen-bond donors (Lipinski definition) is 1. The quantitative estimate of drug-likeness (QED) is 0.352. The molecule has 0 saturated heterocycles. The van der Waals surface area contributed by atoms with Crippen LogP contribution >= 0.6 is 11.6 Å². The molecule has 3 rings (SSSR count). The topological polar surface area (TPSA) is 150 Å². The van der Waals surface area contributed by atoms with E-state index in [1.54, 1.807) is 24.3 Å². The molecule has 0 aliphatic heterocycles. The summed E-state index contributed by atoms with van der Waals surface area (Å²) in [4.78, 5) is 41.3. The molecule has 0 bridgehead atoms. The van der Waals surface area contributed by atoms with Crippen LogP contribution in [-0.4, -0.2) is 32.8 Å². The predicted molar refractivity (Wildman–Crippen MR) is 107 cm³/mol. The normalized spacial score (nSPS) is 10.3. The fourth-order valence-electron chi connectivity index (χ4n) is 2.51. The molecule has 0 unspecified atom stereocenters. The van der Waals surface area contributed by atoms with Gasteiger partial charge in [0.2, 0.25) is 5.88 Å². The first-order valence-corrected chi connectivity index (χ1v) is 8.60. The molecule has 0 spiro atoms. The van der Waals surface area contributed by atoms with E-state index in [-0.39, 0.29) is 28.1 Å². The average molecular weight is 430 g/mol. The van der Waals surface area contributed by atoms with Gasteiger partial charge in [0, 0.05) is 17.7 Å². The lowest BCUT2D eigenvalue weighted by atomic mass is 10.1. The number of anilines is 1. The Balaban J connectivity index is 1.99. The van der Waals surface area contributed by atoms with E-state index in [1.165, 1.54) is 7.11 Å². The zero-order chi connectivity index (χ0) is 21.8. The molecular weight excluding hydrogens is 418 g/mol. The molecule has 11 nitrogen and oxygen atoms in total. The van der Waals surface area contributed by atoms with Gasteiger partial charge in [0.15, 0.2) is 11.0 Å². The van der Waals surface area contributed by atoms with Gasteiger partial charge in [-0.15, -0.1) is 0 Å². The van der Waals surface area contributed by atoms with E-state index in [2.05, 4.69) is 15.3 Å². The third kappa shape index (κ3) is 4.31. The van der Waals surface area contributed by atoms with E-state index in [1.807, 2.05) is 6.07 Å². The van der Waals surface area contributed by atoms with Gasteiger partial charge in [-0.05, 0) is 0 Å². The molecule has 1 heterocycles. The minimum Gasteiger partial charge on any atom is -0.479 e. The van der Waals surface area contributed by atoms with E-state index >= 15 is 0 Å². The Hall–Kier alpha value is -4.12. The molecule has 30 heavy (non-hydrogen) atoms. The number of non-ortho nitro benzene ring substituents is 2. The second-order valence-electron chi connectivity index (χ2n) is 5.79. The van der Waals surface area contributed by atoms with Gasteiger partial charge in [-0.25, -0.2) is 4.98 Å². The third-order valence-corrected chi connectivity index (χ3v) is 4.16. The summed E-state index contributed by atoms with van der Waals surface area (Å²) in [7, 11) is 1.31. The highest BCUT2D eigenvalue weighted by molar-refractivity contribution is 6.33. The second kappa shape index (κ2) is 8.49. The van der Waals surface area contributed by atoms with Crippen molar-refractivity contribution < 1.29 is 19.4 Å². The highest BCUT2D eigenvalue weighted by Crippen LogP contribution is 2.33. The van der Waals surface area contributed by atoms with E-state index < -0.39 is 27.1 Å². The van der Waals surface area contributed by atoms with Crippen molar-refractivity contribution >= 4 is 34.6 Å². The van der Waals surface area contributed by atoms with Crippen molar-refractivity contribution in [2.75, 3.05) is 12.4 Å². The number of nitro benzene ring substituents is 2. The van der Waals surface area contributed by atoms with E-state index in [0.717, 1.165) is 18.2 Å². The van der Waals surface area contributed by atoms with Crippen LogP contribution in [-0.2, 0) is 0 Å². The van der Waals surface area contributed by atoms with Crippen LogP contribution in [0.2, 0.25) is 5.15 Å². The first kappa shape index (κ1) is 20.6. The Morgan fingerprint density at radius 3 is 2.17 bits per heavy atom. The third-order valence-electron chi connectivity index (χ3n) is 3.88. The molecular formula is C18H12ClN5O6. The number of hydrogen-bond acceptors (Lipinski definition) is 8. The smallest absolute Gasteiger partial charge is 0.277 e. The average Bonchev–Trinajstić information content (AvgIpc) is 2.74. The summed E-state index contributed by atoms with van der Waals surface area (Å²) < 4.78 is 5.18. The number of rotatable bonds is 6. The van der Waals surface area contributed by atoms with Crippen molar-refractivity contribution in [3.63, 3.8) is 0 Å². The number of amides is 1. The van der Waals surface area contributed by atoms with Gasteiger partial charge in [0.05, 0.1) is 28.6 Å². The highest BCUT2D eigenvalue weighted by Gasteiger charge is 2.23. The van der Waals surface area contributed by atoms with Crippen LogP contribution in [0.5, 0.6) is 5.88 Å². The Morgan fingerprint density at radius 1 is 1.03 bits per heavy atom. The number of halogens is 1. The number of methoxy groups -OCH3 is 1. The lowest BCUT2D eigenvalue weighted by Crippen LogP contribution is -2.15. The fourth-order valence-corrected chi connectivity index (χ4v) is 2.71. The maximum absolute atomic E-state index is 12.6. The Bertz CT molecular complexity index is 1120. The lowest BCUT2D eigenvalue weighted by molar-refractivity contribution is -0.394. The second-order valence-corrected chi connectivity index (χ2v) is 6.15. The number of aromatic nitrogens is 2. The molecule has 0 fully saturated rings. The molecule has 12 heteroatoms. The van der Waals surface area contributed by atoms with Crippen LogP contribution in [0.25, 0.3) is 11.4 Å². The number of nitrogens with zero attached hydrogens (tertiary/aromatic N) is 4. The van der Waals surface area contributed by atoms with Gasteiger partial charge >= 0.3 is 0 Å². The van der Waals surface area contributed by atoms with Gasteiger partial charge in [0.25, 0.3) is 17.3 Å². The van der Waals surface area contributed by atoms with Gasteiger partial charge in [-0.2, -0.15) is 4.98 Å². The summed E-state index contributed by atoms with van der Waals surface area (Å²) >= 11 is 6.20. The van der Waals surface area contributed by atoms with Gasteiger partial charge < -0.3 is 10.1 Å². The molecule has 0 radical (unpaired) electrons. The van der Waals surface area contributed by atoms with Crippen LogP contribution in [0.3, 0.4) is 0 Å². The zero-order valence-corrected chi connectivity index (χ0v) is 16.0. The first-order valence-electron chi connectivity index (χ1n) is 8.22. The molecule has 152 valence electrons. The van der Waals surface area contributed by atoms with Gasteiger partial charge in [-0.3, -0.25) is 25.0 Å². The molecule has 2 aromatic carbocycles. The molecule has 1 amide bonds. The summed E-state index contributed by atoms with van der Waals surface area (Å²) in [6, 6.07) is 11.5. The van der Waals surface area contributed by atoms with Crippen LogP contribution < -0.4 is 10.1 Å². The summed E-state index contributed by atoms with van der Waals surface area (Å²) in [6.45, 7) is 0. The number of nitro groups is 2. The molecule has 3 aromatic rings. The van der Waals surface area contributed by atoms with Crippen molar-refractivity contribution in [1.82, 2.24) is 9.97 Å². The summed E-state index contributed by atoms with van der Waals surface area (Å²) in [6.07, 6.45) is 0. The maximum Gasteiger partial charge on any atom is 0.277 e. The Kier molecular flexibility index (Phi) is 5.83. The summed E-state index contributed by atoms with van der Waals surface area (Å²) in [5.74, 6) is -0.693. The highest BCUT2D eigenvalue weighted by atomic mass is 35.5. The first-order chi connectivity index (χ1) is 14.3. The van der Waals surface area contributed by atoms with Crippen LogP contribution in [0.4, 0.5) is 17.1 Å². The monoisotopic (exact) mass is 429 g/mol. The molecule has 1 N–H and O–H groups in total. The van der Waals surface area contributed by atoms with Crippen LogP contribution in [0.1, 0.15) is 10.4 Å². The van der Waals surface area contributed by atoms with Crippen molar-refractivity contribution in [2.24, 2.45) is 0 Å². The molecule has 0 aliphatic rings. The standard InChI is InChI=1S/C18H12ClN5O6/c1-30-18-14(15(19)21-16(22-18)10-5-3-2-4-6-10)20-17(25)11-7-12(23(26)27)9-13(8-11)24(28)29/h2-9H,1H3,(H,20,25). The largest absolute Gasteiger partial charge is 0.479 e. The number of carbonyl (C=O) groups excluding carboxylic acids is 1. The SMILES string of the molecule is COc1nc(-c2ccccc2)nc(Cl)c1NC(=O)c1cc([N+](=O)[O-])cc([N+](=O)[O-])c1. The number of carbonyl (C=O) groups is 1. The summed E-state index contributed by atoms with van der Waals surface area (Å²) in [5, 5.41) is 24.3. The van der Waals surface area contributed by atoms with Crippen LogP contribution in [0, 0.1) is 20.2 Å². The van der Waals surface area contributed by atoms with Crippen molar-refractivity contribution in [3.8, 4) is 17.3 Å². The van der Waals surface area contributed by atoms with Crippen LogP contribution in [0.15, 0.2) is 48.5 Å². The summed E-state index contributed by atoms with van der Waals surface area (Å²) in [5.41, 5.74) is -0.963. The van der Waals surface area contributed by atoms with Gasteiger partial charge in [-0.1, -0.05) is 41.9 Å². The lowest BCUT2D eigenvalue weighted by Gasteiger charge is -2.12. The minimum absolute atomic E-state index is 0.0536. The Labute approximate surface area is 173 Å². The predicted octanol–water partition coefficient (Wildman–Crippen LogP) is 3.87. The van der Waals surface area contributed by atoms with Crippen molar-refractivity contribution in [3.05, 3.63) is 79.5 Å². The molecule has 0 saturated carbocycles. The van der Waals surface area contributed by atoms with E-state index in [9.17, 15) is 25.0 Å². The van der Waals surface area contributed by atoms with E-state index in [0.29, 0.717) is 5.56 Å². The number of ether oxygens (including phenoxy) is 1. The van der Waals surface area contributed by atoms with Gasteiger partial charge in [0.1, 0.15) is 5.69 Å². The maximum atomic E-state index is 12.6. The number of nitrogens with one attached hydrogen (secondary N) is 1. The van der Waals surface area contributed by atoms with Crippen molar-refractivity contribution in [2.45, 2.75) is 0 Å². The molecule has 0 atom stereocenters. The van der Waals surface area contributed by atoms with Crippen molar-refractivity contribution in [1.29, 1.82) is 0 Å². The zero-order valence-electron chi connectivity index (χ0n) is 15.2. The fraction of sp³-hybridized carbons (Fsp3) is 0.0556.